The summed E-state index contributed by atoms with van der Waals surface area (Å²) >= 11 is 1.80. The molecular formula is C47H30N4S. The quantitative estimate of drug-likeness (QED) is 0.175. The van der Waals surface area contributed by atoms with Crippen molar-refractivity contribution in [1.82, 2.24) is 19.5 Å². The predicted octanol–water partition coefficient (Wildman–Crippen LogP) is 12.5. The van der Waals surface area contributed by atoms with E-state index in [9.17, 15) is 0 Å². The van der Waals surface area contributed by atoms with E-state index in [1.807, 2.05) is 24.3 Å². The Balaban J connectivity index is 1.14. The maximum atomic E-state index is 5.29. The summed E-state index contributed by atoms with van der Waals surface area (Å²) in [6.45, 7) is 0. The number of fused-ring (bicyclic) bond motifs is 4. The fraction of sp³-hybridized carbons (Fsp3) is 0. The molecule has 0 unspecified atom stereocenters. The fourth-order valence-electron chi connectivity index (χ4n) is 7.17. The van der Waals surface area contributed by atoms with E-state index in [1.165, 1.54) is 25.7 Å². The van der Waals surface area contributed by atoms with Gasteiger partial charge in [0.05, 0.1) is 22.4 Å². The number of aromatic nitrogens is 4. The lowest BCUT2D eigenvalue weighted by Gasteiger charge is -2.12. The van der Waals surface area contributed by atoms with Crippen molar-refractivity contribution in [3.05, 3.63) is 182 Å². The Hall–Kier alpha value is -6.69. The molecule has 0 atom stereocenters. The van der Waals surface area contributed by atoms with E-state index in [1.54, 1.807) is 11.3 Å². The van der Waals surface area contributed by atoms with E-state index in [2.05, 4.69) is 162 Å². The van der Waals surface area contributed by atoms with Crippen LogP contribution in [0.2, 0.25) is 0 Å². The van der Waals surface area contributed by atoms with Crippen molar-refractivity contribution in [3.8, 4) is 62.1 Å². The van der Waals surface area contributed by atoms with E-state index >= 15 is 0 Å². The lowest BCUT2D eigenvalue weighted by Crippen LogP contribution is -1.97. The number of hydrogen-bond acceptors (Lipinski definition) is 4. The second kappa shape index (κ2) is 12.6. The summed E-state index contributed by atoms with van der Waals surface area (Å²) in [5.74, 6) is 1.63. The van der Waals surface area contributed by atoms with Crippen molar-refractivity contribution in [1.29, 1.82) is 0 Å². The molecule has 0 fully saturated rings. The zero-order chi connectivity index (χ0) is 34.4. The maximum absolute atomic E-state index is 5.29. The summed E-state index contributed by atoms with van der Waals surface area (Å²) < 4.78 is 4.65. The molecule has 10 aromatic rings. The minimum Gasteiger partial charge on any atom is -0.292 e. The zero-order valence-electron chi connectivity index (χ0n) is 28.0. The van der Waals surface area contributed by atoms with Gasteiger partial charge in [-0.05, 0) is 59.7 Å². The highest BCUT2D eigenvalue weighted by molar-refractivity contribution is 7.26. The zero-order valence-corrected chi connectivity index (χ0v) is 28.8. The Morgan fingerprint density at radius 1 is 0.423 bits per heavy atom. The first-order valence-corrected chi connectivity index (χ1v) is 18.2. The number of imidazole rings is 1. The van der Waals surface area contributed by atoms with Gasteiger partial charge in [-0.15, -0.1) is 11.3 Å². The van der Waals surface area contributed by atoms with Gasteiger partial charge in [-0.2, -0.15) is 0 Å². The summed E-state index contributed by atoms with van der Waals surface area (Å²) in [5, 5.41) is 2.35. The molecule has 7 aromatic carbocycles. The molecule has 244 valence electrons. The molecule has 5 heteroatoms. The lowest BCUT2D eigenvalue weighted by atomic mass is 10.00. The highest BCUT2D eigenvalue weighted by Gasteiger charge is 2.19. The summed E-state index contributed by atoms with van der Waals surface area (Å²) in [6.07, 6.45) is 0. The number of hydrogen-bond donors (Lipinski definition) is 0. The van der Waals surface area contributed by atoms with Gasteiger partial charge in [0, 0.05) is 48.1 Å². The van der Waals surface area contributed by atoms with Gasteiger partial charge in [0.25, 0.3) is 0 Å². The topological polar surface area (TPSA) is 43.6 Å². The maximum Gasteiger partial charge on any atom is 0.161 e. The number of rotatable bonds is 6. The van der Waals surface area contributed by atoms with Crippen molar-refractivity contribution in [3.63, 3.8) is 0 Å². The number of para-hydroxylation sites is 3. The van der Waals surface area contributed by atoms with E-state index < -0.39 is 0 Å². The summed E-state index contributed by atoms with van der Waals surface area (Å²) in [6, 6.07) is 63.6. The Labute approximate surface area is 305 Å². The molecule has 0 bridgehead atoms. The molecule has 0 amide bonds. The SMILES string of the molecule is c1ccc(-c2cccc(-c3cc(-c4ccccc4)nc(-c4cccc5sc6cc(-c7nc8ccccc8n7-c7ccccc7)ccc6c45)n3)c2)cc1. The lowest BCUT2D eigenvalue weighted by molar-refractivity contribution is 1.10. The van der Waals surface area contributed by atoms with Gasteiger partial charge in [0.2, 0.25) is 0 Å². The number of thiophene rings is 1. The van der Waals surface area contributed by atoms with E-state index in [0.29, 0.717) is 5.82 Å². The molecule has 0 aliphatic heterocycles. The van der Waals surface area contributed by atoms with E-state index in [4.69, 9.17) is 15.0 Å². The monoisotopic (exact) mass is 682 g/mol. The standard InChI is InChI=1S/C47H30N4S/c1-4-14-31(15-5-1)33-18-12-19-34(28-33)41-30-40(32-16-6-2-7-17-32)48-46(49-41)38-22-13-25-43-45(38)37-27-26-35(29-44(37)52-43)47-50-39-23-10-11-24-42(39)51(47)36-20-8-3-9-21-36/h1-30H. The normalized spacial score (nSPS) is 11.5. The summed E-state index contributed by atoms with van der Waals surface area (Å²) in [7, 11) is 0. The summed E-state index contributed by atoms with van der Waals surface area (Å²) in [4.78, 5) is 15.7. The molecular weight excluding hydrogens is 653 g/mol. The molecule has 0 saturated carbocycles. The molecule has 0 radical (unpaired) electrons. The number of benzene rings is 7. The van der Waals surface area contributed by atoms with Crippen LogP contribution in [-0.4, -0.2) is 19.5 Å². The van der Waals surface area contributed by atoms with Crippen molar-refractivity contribution in [2.45, 2.75) is 0 Å². The molecule has 0 aliphatic rings. The highest BCUT2D eigenvalue weighted by atomic mass is 32.1. The molecule has 0 spiro atoms. The van der Waals surface area contributed by atoms with Crippen molar-refractivity contribution in [2.75, 3.05) is 0 Å². The third kappa shape index (κ3) is 5.27. The Bertz CT molecular complexity index is 2890. The predicted molar refractivity (Wildman–Crippen MR) is 217 cm³/mol. The van der Waals surface area contributed by atoms with Gasteiger partial charge in [0.1, 0.15) is 5.82 Å². The van der Waals surface area contributed by atoms with Crippen molar-refractivity contribution in [2.24, 2.45) is 0 Å². The van der Waals surface area contributed by atoms with Crippen LogP contribution in [0.25, 0.3) is 93.3 Å². The molecule has 0 N–H and O–H groups in total. The van der Waals surface area contributed by atoms with Gasteiger partial charge in [0.15, 0.2) is 5.82 Å². The largest absolute Gasteiger partial charge is 0.292 e. The second-order valence-electron chi connectivity index (χ2n) is 12.9. The average Bonchev–Trinajstić information content (AvgIpc) is 3.80. The molecule has 52 heavy (non-hydrogen) atoms. The second-order valence-corrected chi connectivity index (χ2v) is 13.9. The average molecular weight is 683 g/mol. The first kappa shape index (κ1) is 30.2. The minimum atomic E-state index is 0.710. The Morgan fingerprint density at radius 2 is 1.08 bits per heavy atom. The van der Waals surface area contributed by atoms with Crippen LogP contribution in [0.3, 0.4) is 0 Å². The third-order valence-corrected chi connectivity index (χ3v) is 10.8. The van der Waals surface area contributed by atoms with Gasteiger partial charge in [-0.1, -0.05) is 133 Å². The molecule has 3 heterocycles. The van der Waals surface area contributed by atoms with Gasteiger partial charge in [-0.3, -0.25) is 4.57 Å². The highest BCUT2D eigenvalue weighted by Crippen LogP contribution is 2.42. The molecule has 0 aliphatic carbocycles. The first-order chi connectivity index (χ1) is 25.8. The van der Waals surface area contributed by atoms with Gasteiger partial charge >= 0.3 is 0 Å². The fourth-order valence-corrected chi connectivity index (χ4v) is 8.34. The smallest absolute Gasteiger partial charge is 0.161 e. The van der Waals surface area contributed by atoms with Crippen LogP contribution < -0.4 is 0 Å². The minimum absolute atomic E-state index is 0.710. The van der Waals surface area contributed by atoms with Crippen LogP contribution >= 0.6 is 11.3 Å². The molecule has 4 nitrogen and oxygen atoms in total. The first-order valence-electron chi connectivity index (χ1n) is 17.4. The van der Waals surface area contributed by atoms with Crippen molar-refractivity contribution >= 4 is 42.5 Å². The van der Waals surface area contributed by atoms with Crippen molar-refractivity contribution < 1.29 is 0 Å². The van der Waals surface area contributed by atoms with Crippen LogP contribution in [0.4, 0.5) is 0 Å². The number of nitrogens with zero attached hydrogens (tertiary/aromatic N) is 4. The molecule has 10 rings (SSSR count). The Kier molecular flexibility index (Phi) is 7.29. The van der Waals surface area contributed by atoms with Crippen LogP contribution in [0, 0.1) is 0 Å². The van der Waals surface area contributed by atoms with E-state index in [0.717, 1.165) is 61.8 Å². The molecule has 0 saturated heterocycles. The summed E-state index contributed by atoms with van der Waals surface area (Å²) in [5.41, 5.74) is 11.5. The third-order valence-electron chi connectivity index (χ3n) is 9.63. The van der Waals surface area contributed by atoms with Gasteiger partial charge in [-0.25, -0.2) is 15.0 Å². The van der Waals surface area contributed by atoms with Crippen LogP contribution in [-0.2, 0) is 0 Å². The van der Waals surface area contributed by atoms with Gasteiger partial charge < -0.3 is 0 Å². The van der Waals surface area contributed by atoms with Crippen LogP contribution in [0.1, 0.15) is 0 Å². The van der Waals surface area contributed by atoms with Crippen LogP contribution in [0.15, 0.2) is 182 Å². The Morgan fingerprint density at radius 3 is 1.88 bits per heavy atom. The van der Waals surface area contributed by atoms with Crippen LogP contribution in [0.5, 0.6) is 0 Å². The molecule has 3 aromatic heterocycles. The van der Waals surface area contributed by atoms with E-state index in [-0.39, 0.29) is 0 Å².